The fraction of sp³-hybridized carbons (Fsp3) is 0.143. The topological polar surface area (TPSA) is 0 Å². The number of rotatable bonds is 3. The predicted octanol–water partition coefficient (Wildman–Crippen LogP) is 5.16. The Labute approximate surface area is 114 Å². The van der Waals surface area contributed by atoms with E-state index < -0.39 is 0 Å². The van der Waals surface area contributed by atoms with E-state index in [1.54, 1.807) is 12.1 Å². The van der Waals surface area contributed by atoms with Gasteiger partial charge in [0, 0.05) is 15.4 Å². The summed E-state index contributed by atoms with van der Waals surface area (Å²) in [6.45, 7) is 0. The van der Waals surface area contributed by atoms with E-state index in [0.29, 0.717) is 17.0 Å². The second-order valence-electron chi connectivity index (χ2n) is 3.78. The Bertz CT molecular complexity index is 479. The lowest BCUT2D eigenvalue weighted by Gasteiger charge is -2.12. The molecule has 88 valence electrons. The second-order valence-corrected chi connectivity index (χ2v) is 5.30. The van der Waals surface area contributed by atoms with Crippen molar-refractivity contribution in [2.24, 2.45) is 0 Å². The van der Waals surface area contributed by atoms with Crippen LogP contribution in [0.15, 0.2) is 48.5 Å². The van der Waals surface area contributed by atoms with Crippen LogP contribution in [-0.4, -0.2) is 0 Å². The third-order valence-corrected chi connectivity index (χ3v) is 3.81. The Morgan fingerprint density at radius 3 is 2.41 bits per heavy atom. The molecule has 1 unspecified atom stereocenters. The maximum Gasteiger partial charge on any atom is 0.127 e. The third kappa shape index (κ3) is 3.08. The molecule has 0 saturated heterocycles. The van der Waals surface area contributed by atoms with Crippen LogP contribution in [0.1, 0.15) is 16.0 Å². The first-order valence-electron chi connectivity index (χ1n) is 5.30. The van der Waals surface area contributed by atoms with Gasteiger partial charge in [-0.05, 0) is 24.1 Å². The van der Waals surface area contributed by atoms with E-state index in [1.807, 2.05) is 30.3 Å². The largest absolute Gasteiger partial charge is 0.207 e. The molecule has 2 aromatic carbocycles. The van der Waals surface area contributed by atoms with E-state index in [4.69, 9.17) is 11.6 Å². The zero-order valence-corrected chi connectivity index (χ0v) is 11.4. The van der Waals surface area contributed by atoms with Gasteiger partial charge in [-0.2, -0.15) is 0 Å². The van der Waals surface area contributed by atoms with Crippen LogP contribution in [0.5, 0.6) is 0 Å². The molecule has 0 saturated carbocycles. The summed E-state index contributed by atoms with van der Waals surface area (Å²) in [7, 11) is 0. The molecule has 0 aliphatic heterocycles. The summed E-state index contributed by atoms with van der Waals surface area (Å²) in [5, 5.41) is 0.477. The van der Waals surface area contributed by atoms with Crippen molar-refractivity contribution in [1.82, 2.24) is 0 Å². The number of hydrogen-bond donors (Lipinski definition) is 0. The normalized spacial score (nSPS) is 12.4. The average Bonchev–Trinajstić information content (AvgIpc) is 2.35. The molecule has 3 heteroatoms. The van der Waals surface area contributed by atoms with Crippen LogP contribution in [0.4, 0.5) is 4.39 Å². The number of benzene rings is 2. The van der Waals surface area contributed by atoms with Crippen molar-refractivity contribution in [3.8, 4) is 0 Å². The highest BCUT2D eigenvalue weighted by Crippen LogP contribution is 2.30. The van der Waals surface area contributed by atoms with E-state index in [1.165, 1.54) is 6.07 Å². The van der Waals surface area contributed by atoms with Gasteiger partial charge in [-0.3, -0.25) is 0 Å². The standard InChI is InChI=1S/C14H11BrClF/c15-12(10-5-2-1-3-6-10)9-11-13(16)7-4-8-14(11)17/h1-8,12H,9H2. The first-order chi connectivity index (χ1) is 8.18. The van der Waals surface area contributed by atoms with E-state index in [0.717, 1.165) is 5.56 Å². The lowest BCUT2D eigenvalue weighted by molar-refractivity contribution is 0.608. The number of alkyl halides is 1. The van der Waals surface area contributed by atoms with Crippen LogP contribution >= 0.6 is 27.5 Å². The molecular formula is C14H11BrClF. The second kappa shape index (κ2) is 5.65. The number of halogens is 3. The zero-order valence-electron chi connectivity index (χ0n) is 9.04. The molecule has 0 spiro atoms. The lowest BCUT2D eigenvalue weighted by Crippen LogP contribution is -1.98. The van der Waals surface area contributed by atoms with E-state index in [2.05, 4.69) is 15.9 Å². The quantitative estimate of drug-likeness (QED) is 0.687. The Balaban J connectivity index is 2.22. The maximum atomic E-state index is 13.6. The van der Waals surface area contributed by atoms with Gasteiger partial charge in [0.15, 0.2) is 0 Å². The summed E-state index contributed by atoms with van der Waals surface area (Å²) in [6.07, 6.45) is 0.537. The molecule has 17 heavy (non-hydrogen) atoms. The molecule has 2 aromatic rings. The van der Waals surface area contributed by atoms with Crippen molar-refractivity contribution >= 4 is 27.5 Å². The number of hydrogen-bond acceptors (Lipinski definition) is 0. The van der Waals surface area contributed by atoms with Crippen LogP contribution in [0.2, 0.25) is 5.02 Å². The van der Waals surface area contributed by atoms with Gasteiger partial charge in [0.2, 0.25) is 0 Å². The van der Waals surface area contributed by atoms with Gasteiger partial charge in [-0.15, -0.1) is 0 Å². The monoisotopic (exact) mass is 312 g/mol. The fourth-order valence-electron chi connectivity index (χ4n) is 1.69. The van der Waals surface area contributed by atoms with Crippen molar-refractivity contribution in [2.45, 2.75) is 11.2 Å². The van der Waals surface area contributed by atoms with E-state index in [9.17, 15) is 4.39 Å². The summed E-state index contributed by atoms with van der Waals surface area (Å²) in [5.74, 6) is -0.252. The molecule has 0 heterocycles. The van der Waals surface area contributed by atoms with Gasteiger partial charge < -0.3 is 0 Å². The van der Waals surface area contributed by atoms with Crippen LogP contribution in [-0.2, 0) is 6.42 Å². The van der Waals surface area contributed by atoms with Crippen molar-refractivity contribution in [1.29, 1.82) is 0 Å². The average molecular weight is 314 g/mol. The summed E-state index contributed by atoms with van der Waals surface area (Å²) < 4.78 is 13.6. The highest BCUT2D eigenvalue weighted by atomic mass is 79.9. The fourth-order valence-corrected chi connectivity index (χ4v) is 2.56. The molecule has 0 fully saturated rings. The molecule has 1 atom stereocenters. The van der Waals surface area contributed by atoms with Crippen LogP contribution in [0.25, 0.3) is 0 Å². The highest BCUT2D eigenvalue weighted by Gasteiger charge is 2.13. The Morgan fingerprint density at radius 2 is 1.76 bits per heavy atom. The van der Waals surface area contributed by atoms with Crippen molar-refractivity contribution in [2.75, 3.05) is 0 Å². The summed E-state index contributed by atoms with van der Waals surface area (Å²) in [5.41, 5.74) is 1.67. The third-order valence-electron chi connectivity index (χ3n) is 2.61. The predicted molar refractivity (Wildman–Crippen MR) is 73.2 cm³/mol. The van der Waals surface area contributed by atoms with Gasteiger partial charge in [-0.25, -0.2) is 4.39 Å². The minimum absolute atomic E-state index is 0.0677. The van der Waals surface area contributed by atoms with Crippen molar-refractivity contribution in [3.05, 3.63) is 70.5 Å². The summed E-state index contributed by atoms with van der Waals surface area (Å²) in [6, 6.07) is 14.7. The van der Waals surface area contributed by atoms with Gasteiger partial charge >= 0.3 is 0 Å². The van der Waals surface area contributed by atoms with Gasteiger partial charge in [0.1, 0.15) is 5.82 Å². The molecule has 0 nitrogen and oxygen atoms in total. The molecule has 0 aliphatic rings. The first-order valence-corrected chi connectivity index (χ1v) is 6.59. The highest BCUT2D eigenvalue weighted by molar-refractivity contribution is 9.09. The SMILES string of the molecule is Fc1cccc(Cl)c1CC(Br)c1ccccc1. The molecule has 0 aromatic heterocycles. The molecule has 2 rings (SSSR count). The van der Waals surface area contributed by atoms with Gasteiger partial charge in [0.05, 0.1) is 0 Å². The van der Waals surface area contributed by atoms with E-state index in [-0.39, 0.29) is 10.6 Å². The van der Waals surface area contributed by atoms with Crippen molar-refractivity contribution < 1.29 is 4.39 Å². The molecule has 0 bridgehead atoms. The maximum absolute atomic E-state index is 13.6. The van der Waals surface area contributed by atoms with Crippen molar-refractivity contribution in [3.63, 3.8) is 0 Å². The van der Waals surface area contributed by atoms with E-state index >= 15 is 0 Å². The van der Waals surface area contributed by atoms with Gasteiger partial charge in [0.25, 0.3) is 0 Å². The molecular weight excluding hydrogens is 303 g/mol. The summed E-state index contributed by atoms with van der Waals surface area (Å²) >= 11 is 9.57. The van der Waals surface area contributed by atoms with Crippen LogP contribution in [0, 0.1) is 5.82 Å². The minimum atomic E-state index is -0.252. The minimum Gasteiger partial charge on any atom is -0.207 e. The Morgan fingerprint density at radius 1 is 1.06 bits per heavy atom. The van der Waals surface area contributed by atoms with Crippen LogP contribution in [0.3, 0.4) is 0 Å². The lowest BCUT2D eigenvalue weighted by atomic mass is 10.0. The zero-order chi connectivity index (χ0) is 12.3. The molecule has 0 amide bonds. The van der Waals surface area contributed by atoms with Crippen LogP contribution < -0.4 is 0 Å². The smallest absolute Gasteiger partial charge is 0.127 e. The first kappa shape index (κ1) is 12.6. The van der Waals surface area contributed by atoms with Gasteiger partial charge in [-0.1, -0.05) is 63.9 Å². The molecule has 0 radical (unpaired) electrons. The molecule has 0 aliphatic carbocycles. The molecule has 0 N–H and O–H groups in total. The summed E-state index contributed by atoms with van der Waals surface area (Å²) in [4.78, 5) is 0.0677. The Kier molecular flexibility index (Phi) is 4.19. The Hall–Kier alpha value is -0.860.